The Kier molecular flexibility index (Phi) is 3.96. The second-order valence-corrected chi connectivity index (χ2v) is 5.20. The first-order chi connectivity index (χ1) is 10.7. The molecule has 1 aromatic heterocycles. The Balaban J connectivity index is 2.04. The van der Waals surface area contributed by atoms with E-state index in [0.717, 1.165) is 10.9 Å². The maximum atomic E-state index is 12.6. The number of furan rings is 1. The fourth-order valence-corrected chi connectivity index (χ4v) is 2.71. The van der Waals surface area contributed by atoms with Crippen molar-refractivity contribution in [1.29, 1.82) is 0 Å². The first kappa shape index (κ1) is 14.4. The number of hydrogen-bond donors (Lipinski definition) is 0. The van der Waals surface area contributed by atoms with Crippen LogP contribution in [0, 0.1) is 0 Å². The summed E-state index contributed by atoms with van der Waals surface area (Å²) in [5, 5.41) is 2.31. The third-order valence-electron chi connectivity index (χ3n) is 3.96. The van der Waals surface area contributed by atoms with Crippen LogP contribution in [0.15, 0.2) is 59.2 Å². The summed E-state index contributed by atoms with van der Waals surface area (Å²) in [6, 6.07) is 16.0. The predicted octanol–water partition coefficient (Wildman–Crippen LogP) is 4.58. The van der Waals surface area contributed by atoms with Crippen LogP contribution in [-0.4, -0.2) is 23.9 Å². The highest BCUT2D eigenvalue weighted by Gasteiger charge is 2.20. The molecule has 1 amide bonds. The van der Waals surface area contributed by atoms with Crippen LogP contribution in [0.3, 0.4) is 0 Å². The minimum atomic E-state index is 0.0157. The molecule has 0 atom stereocenters. The van der Waals surface area contributed by atoms with Crippen molar-refractivity contribution in [2.75, 3.05) is 13.1 Å². The molecule has 0 N–H and O–H groups in total. The Hall–Kier alpha value is -2.55. The smallest absolute Gasteiger partial charge is 0.257 e. The van der Waals surface area contributed by atoms with Crippen LogP contribution in [0.4, 0.5) is 0 Å². The van der Waals surface area contributed by atoms with E-state index < -0.39 is 0 Å². The number of rotatable bonds is 4. The maximum Gasteiger partial charge on any atom is 0.257 e. The highest BCUT2D eigenvalue weighted by atomic mass is 16.3. The van der Waals surface area contributed by atoms with Crippen LogP contribution in [-0.2, 0) is 0 Å². The third-order valence-corrected chi connectivity index (χ3v) is 3.96. The summed E-state index contributed by atoms with van der Waals surface area (Å²) in [6.07, 6.45) is 1.58. The zero-order chi connectivity index (χ0) is 15.5. The van der Waals surface area contributed by atoms with E-state index in [1.807, 2.05) is 32.0 Å². The Morgan fingerprint density at radius 3 is 2.45 bits per heavy atom. The molecule has 3 rings (SSSR count). The van der Waals surface area contributed by atoms with Crippen LogP contribution in [0.25, 0.3) is 22.1 Å². The quantitative estimate of drug-likeness (QED) is 0.705. The molecular weight excluding hydrogens is 274 g/mol. The lowest BCUT2D eigenvalue weighted by Gasteiger charge is -2.18. The molecule has 22 heavy (non-hydrogen) atoms. The Bertz CT molecular complexity index is 800. The maximum absolute atomic E-state index is 12.6. The molecule has 112 valence electrons. The Morgan fingerprint density at radius 2 is 1.73 bits per heavy atom. The van der Waals surface area contributed by atoms with Gasteiger partial charge in [-0.25, -0.2) is 0 Å². The molecule has 2 aromatic carbocycles. The standard InChI is InChI=1S/C19H19NO2/c1-3-20(4-2)19(21)17-11-12-22-18(17)16-10-9-14-7-5-6-8-15(14)13-16/h5-13H,3-4H2,1-2H3. The highest BCUT2D eigenvalue weighted by molar-refractivity contribution is 6.00. The number of amides is 1. The fourth-order valence-electron chi connectivity index (χ4n) is 2.71. The average Bonchev–Trinajstić information content (AvgIpc) is 3.05. The summed E-state index contributed by atoms with van der Waals surface area (Å²) < 4.78 is 5.61. The second-order valence-electron chi connectivity index (χ2n) is 5.20. The highest BCUT2D eigenvalue weighted by Crippen LogP contribution is 2.29. The normalized spacial score (nSPS) is 10.8. The lowest BCUT2D eigenvalue weighted by Crippen LogP contribution is -2.30. The Morgan fingerprint density at radius 1 is 1.00 bits per heavy atom. The molecule has 0 saturated carbocycles. The van der Waals surface area contributed by atoms with E-state index in [-0.39, 0.29) is 5.91 Å². The van der Waals surface area contributed by atoms with Crippen molar-refractivity contribution < 1.29 is 9.21 Å². The van der Waals surface area contributed by atoms with E-state index in [1.165, 1.54) is 5.39 Å². The van der Waals surface area contributed by atoms with E-state index in [0.29, 0.717) is 24.4 Å². The minimum absolute atomic E-state index is 0.0157. The molecule has 0 bridgehead atoms. The number of benzene rings is 2. The number of fused-ring (bicyclic) bond motifs is 1. The SMILES string of the molecule is CCN(CC)C(=O)c1ccoc1-c1ccc2ccccc2c1. The van der Waals surface area contributed by atoms with Crippen LogP contribution in [0.1, 0.15) is 24.2 Å². The summed E-state index contributed by atoms with van der Waals surface area (Å²) in [6.45, 7) is 5.35. The summed E-state index contributed by atoms with van der Waals surface area (Å²) in [5.74, 6) is 0.657. The molecule has 0 aliphatic carbocycles. The summed E-state index contributed by atoms with van der Waals surface area (Å²) in [5.41, 5.74) is 1.55. The summed E-state index contributed by atoms with van der Waals surface area (Å²) in [4.78, 5) is 14.4. The van der Waals surface area contributed by atoms with E-state index >= 15 is 0 Å². The molecule has 0 radical (unpaired) electrons. The number of hydrogen-bond acceptors (Lipinski definition) is 2. The van der Waals surface area contributed by atoms with E-state index in [1.54, 1.807) is 17.2 Å². The van der Waals surface area contributed by atoms with Crippen LogP contribution >= 0.6 is 0 Å². The second kappa shape index (κ2) is 6.06. The number of nitrogens with zero attached hydrogens (tertiary/aromatic N) is 1. The number of carbonyl (C=O) groups excluding carboxylic acids is 1. The van der Waals surface area contributed by atoms with Gasteiger partial charge in [0.2, 0.25) is 0 Å². The van der Waals surface area contributed by atoms with Gasteiger partial charge in [-0.3, -0.25) is 4.79 Å². The van der Waals surface area contributed by atoms with Crippen molar-refractivity contribution in [1.82, 2.24) is 4.90 Å². The minimum Gasteiger partial charge on any atom is -0.464 e. The fraction of sp³-hybridized carbons (Fsp3) is 0.211. The Labute approximate surface area is 130 Å². The monoisotopic (exact) mass is 293 g/mol. The summed E-state index contributed by atoms with van der Waals surface area (Å²) >= 11 is 0. The third kappa shape index (κ3) is 2.50. The van der Waals surface area contributed by atoms with E-state index in [9.17, 15) is 4.79 Å². The first-order valence-electron chi connectivity index (χ1n) is 7.60. The van der Waals surface area contributed by atoms with Crippen molar-refractivity contribution in [3.63, 3.8) is 0 Å². The van der Waals surface area contributed by atoms with Gasteiger partial charge >= 0.3 is 0 Å². The van der Waals surface area contributed by atoms with Gasteiger partial charge in [-0.05, 0) is 36.8 Å². The first-order valence-corrected chi connectivity index (χ1v) is 7.60. The molecule has 3 heteroatoms. The predicted molar refractivity (Wildman–Crippen MR) is 88.9 cm³/mol. The van der Waals surface area contributed by atoms with Crippen molar-refractivity contribution in [2.45, 2.75) is 13.8 Å². The van der Waals surface area contributed by atoms with Gasteiger partial charge in [-0.1, -0.05) is 36.4 Å². The van der Waals surface area contributed by atoms with Gasteiger partial charge in [-0.2, -0.15) is 0 Å². The molecular formula is C19H19NO2. The molecule has 1 heterocycles. The van der Waals surface area contributed by atoms with Crippen molar-refractivity contribution in [3.8, 4) is 11.3 Å². The number of carbonyl (C=O) groups is 1. The molecule has 0 spiro atoms. The van der Waals surface area contributed by atoms with Crippen LogP contribution in [0.2, 0.25) is 0 Å². The molecule has 0 saturated heterocycles. The van der Waals surface area contributed by atoms with Gasteiger partial charge in [0.15, 0.2) is 0 Å². The molecule has 0 fully saturated rings. The van der Waals surface area contributed by atoms with Crippen molar-refractivity contribution in [3.05, 3.63) is 60.4 Å². The van der Waals surface area contributed by atoms with Gasteiger partial charge < -0.3 is 9.32 Å². The summed E-state index contributed by atoms with van der Waals surface area (Å²) in [7, 11) is 0. The molecule has 3 nitrogen and oxygen atoms in total. The average molecular weight is 293 g/mol. The molecule has 0 aliphatic rings. The topological polar surface area (TPSA) is 33.5 Å². The van der Waals surface area contributed by atoms with Crippen LogP contribution in [0.5, 0.6) is 0 Å². The van der Waals surface area contributed by atoms with Crippen molar-refractivity contribution in [2.24, 2.45) is 0 Å². The van der Waals surface area contributed by atoms with Gasteiger partial charge in [0.25, 0.3) is 5.91 Å². The molecule has 0 unspecified atom stereocenters. The van der Waals surface area contributed by atoms with Gasteiger partial charge in [-0.15, -0.1) is 0 Å². The zero-order valence-electron chi connectivity index (χ0n) is 12.9. The van der Waals surface area contributed by atoms with E-state index in [2.05, 4.69) is 24.3 Å². The molecule has 3 aromatic rings. The van der Waals surface area contributed by atoms with Crippen LogP contribution < -0.4 is 0 Å². The van der Waals surface area contributed by atoms with Gasteiger partial charge in [0.05, 0.1) is 11.8 Å². The molecule has 0 aliphatic heterocycles. The van der Waals surface area contributed by atoms with E-state index in [4.69, 9.17) is 4.42 Å². The lowest BCUT2D eigenvalue weighted by atomic mass is 10.0. The van der Waals surface area contributed by atoms with Gasteiger partial charge in [0, 0.05) is 18.7 Å². The largest absolute Gasteiger partial charge is 0.464 e. The lowest BCUT2D eigenvalue weighted by molar-refractivity contribution is 0.0773. The van der Waals surface area contributed by atoms with Gasteiger partial charge in [0.1, 0.15) is 5.76 Å². The van der Waals surface area contributed by atoms with Crippen molar-refractivity contribution >= 4 is 16.7 Å². The zero-order valence-corrected chi connectivity index (χ0v) is 12.9.